The third-order valence-electron chi connectivity index (χ3n) is 4.49. The number of hydrogen-bond donors (Lipinski definition) is 2. The van der Waals surface area contributed by atoms with Gasteiger partial charge in [-0.15, -0.1) is 11.3 Å². The zero-order valence-corrected chi connectivity index (χ0v) is 16.6. The van der Waals surface area contributed by atoms with Crippen molar-refractivity contribution in [3.05, 3.63) is 10.6 Å². The van der Waals surface area contributed by atoms with E-state index in [1.807, 2.05) is 18.7 Å². The van der Waals surface area contributed by atoms with Gasteiger partial charge in [0, 0.05) is 25.6 Å². The number of anilines is 1. The SMILES string of the molecule is COC(CNC(=O)C1CCCN(CC(=O)Nc2nc(C)c(C)s2)C1)OC. The summed E-state index contributed by atoms with van der Waals surface area (Å²) in [5.41, 5.74) is 0.936. The van der Waals surface area contributed by atoms with Crippen molar-refractivity contribution in [3.8, 4) is 0 Å². The van der Waals surface area contributed by atoms with E-state index in [2.05, 4.69) is 15.6 Å². The number of likely N-dealkylation sites (tertiary alicyclic amines) is 1. The first-order valence-electron chi connectivity index (χ1n) is 8.72. The molecule has 1 unspecified atom stereocenters. The van der Waals surface area contributed by atoms with Crippen molar-refractivity contribution >= 4 is 28.3 Å². The van der Waals surface area contributed by atoms with Gasteiger partial charge in [0.25, 0.3) is 0 Å². The maximum absolute atomic E-state index is 12.3. The molecule has 2 rings (SSSR count). The number of ether oxygens (including phenoxy) is 2. The quantitative estimate of drug-likeness (QED) is 0.653. The smallest absolute Gasteiger partial charge is 0.240 e. The Morgan fingerprint density at radius 3 is 2.69 bits per heavy atom. The molecule has 8 nitrogen and oxygen atoms in total. The van der Waals surface area contributed by atoms with Crippen molar-refractivity contribution in [2.45, 2.75) is 33.0 Å². The summed E-state index contributed by atoms with van der Waals surface area (Å²) >= 11 is 1.47. The van der Waals surface area contributed by atoms with Gasteiger partial charge in [-0.25, -0.2) is 4.98 Å². The number of carbonyl (C=O) groups is 2. The molecule has 1 aliphatic rings. The summed E-state index contributed by atoms with van der Waals surface area (Å²) in [7, 11) is 3.07. The molecule has 0 radical (unpaired) electrons. The second-order valence-electron chi connectivity index (χ2n) is 6.43. The normalized spacial score (nSPS) is 18.1. The first-order chi connectivity index (χ1) is 12.4. The van der Waals surface area contributed by atoms with Gasteiger partial charge in [0.2, 0.25) is 11.8 Å². The van der Waals surface area contributed by atoms with Crippen LogP contribution in [0.2, 0.25) is 0 Å². The van der Waals surface area contributed by atoms with Crippen LogP contribution in [-0.2, 0) is 19.1 Å². The molecule has 0 aromatic carbocycles. The van der Waals surface area contributed by atoms with Crippen molar-refractivity contribution in [1.29, 1.82) is 0 Å². The van der Waals surface area contributed by atoms with Crippen molar-refractivity contribution in [2.24, 2.45) is 5.92 Å². The maximum Gasteiger partial charge on any atom is 0.240 e. The van der Waals surface area contributed by atoms with Crippen LogP contribution < -0.4 is 10.6 Å². The number of aromatic nitrogens is 1. The van der Waals surface area contributed by atoms with Crippen LogP contribution in [0.25, 0.3) is 0 Å². The maximum atomic E-state index is 12.3. The van der Waals surface area contributed by atoms with Crippen LogP contribution >= 0.6 is 11.3 Å². The molecule has 1 aromatic rings. The van der Waals surface area contributed by atoms with Crippen molar-refractivity contribution in [2.75, 3.05) is 45.7 Å². The molecule has 1 aliphatic heterocycles. The highest BCUT2D eigenvalue weighted by molar-refractivity contribution is 7.15. The number of aryl methyl sites for hydroxylation is 2. The molecule has 146 valence electrons. The fourth-order valence-electron chi connectivity index (χ4n) is 2.89. The third kappa shape index (κ3) is 6.01. The number of amides is 2. The van der Waals surface area contributed by atoms with Crippen molar-refractivity contribution < 1.29 is 19.1 Å². The predicted octanol–water partition coefficient (Wildman–Crippen LogP) is 1.15. The Balaban J connectivity index is 1.79. The zero-order valence-electron chi connectivity index (χ0n) is 15.8. The number of carbonyl (C=O) groups excluding carboxylic acids is 2. The Bertz CT molecular complexity index is 598. The van der Waals surface area contributed by atoms with E-state index < -0.39 is 6.29 Å². The molecule has 26 heavy (non-hydrogen) atoms. The molecule has 1 aromatic heterocycles. The minimum atomic E-state index is -0.449. The molecule has 2 amide bonds. The topological polar surface area (TPSA) is 92.8 Å². The predicted molar refractivity (Wildman–Crippen MR) is 100 cm³/mol. The molecule has 0 saturated carbocycles. The largest absolute Gasteiger partial charge is 0.354 e. The van der Waals surface area contributed by atoms with Crippen molar-refractivity contribution in [3.63, 3.8) is 0 Å². The number of thiazole rings is 1. The summed E-state index contributed by atoms with van der Waals surface area (Å²) in [5.74, 6) is -0.255. The second-order valence-corrected chi connectivity index (χ2v) is 7.63. The van der Waals surface area contributed by atoms with E-state index in [9.17, 15) is 9.59 Å². The summed E-state index contributed by atoms with van der Waals surface area (Å²) < 4.78 is 10.1. The molecular formula is C17H28N4O4S. The molecule has 1 saturated heterocycles. The summed E-state index contributed by atoms with van der Waals surface area (Å²) in [4.78, 5) is 32.0. The zero-order chi connectivity index (χ0) is 19.1. The van der Waals surface area contributed by atoms with E-state index in [0.717, 1.165) is 30.0 Å². The Morgan fingerprint density at radius 1 is 1.35 bits per heavy atom. The first-order valence-corrected chi connectivity index (χ1v) is 9.54. The van der Waals surface area contributed by atoms with Crippen LogP contribution in [0.1, 0.15) is 23.4 Å². The fraction of sp³-hybridized carbons (Fsp3) is 0.706. The number of piperidine rings is 1. The summed E-state index contributed by atoms with van der Waals surface area (Å²) in [5, 5.41) is 6.32. The number of nitrogens with one attached hydrogen (secondary N) is 2. The summed E-state index contributed by atoms with van der Waals surface area (Å²) in [6.45, 7) is 5.86. The lowest BCUT2D eigenvalue weighted by Crippen LogP contribution is -2.46. The number of rotatable bonds is 8. The van der Waals surface area contributed by atoms with E-state index in [1.165, 1.54) is 25.6 Å². The van der Waals surface area contributed by atoms with Gasteiger partial charge in [0.15, 0.2) is 11.4 Å². The number of nitrogens with zero attached hydrogens (tertiary/aromatic N) is 2. The highest BCUT2D eigenvalue weighted by atomic mass is 32.1. The third-order valence-corrected chi connectivity index (χ3v) is 5.48. The van der Waals surface area contributed by atoms with Gasteiger partial charge in [-0.1, -0.05) is 0 Å². The summed E-state index contributed by atoms with van der Waals surface area (Å²) in [6.07, 6.45) is 1.26. The van der Waals surface area contributed by atoms with Crippen LogP contribution in [0.15, 0.2) is 0 Å². The van der Waals surface area contributed by atoms with Gasteiger partial charge in [-0.2, -0.15) is 0 Å². The lowest BCUT2D eigenvalue weighted by atomic mass is 9.97. The molecule has 2 heterocycles. The number of methoxy groups -OCH3 is 2. The van der Waals surface area contributed by atoms with Crippen LogP contribution in [0.5, 0.6) is 0 Å². The molecule has 9 heteroatoms. The van der Waals surface area contributed by atoms with Gasteiger partial charge in [0.05, 0.1) is 24.7 Å². The minimum absolute atomic E-state index is 0.0274. The standard InChI is InChI=1S/C17H28N4O4S/c1-11-12(2)26-17(19-11)20-14(22)10-21-7-5-6-13(9-21)16(23)18-8-15(24-3)25-4/h13,15H,5-10H2,1-4H3,(H,18,23)(H,19,20,22). The van der Waals surface area contributed by atoms with Gasteiger partial charge in [-0.3, -0.25) is 14.5 Å². The Labute approximate surface area is 158 Å². The minimum Gasteiger partial charge on any atom is -0.354 e. The fourth-order valence-corrected chi connectivity index (χ4v) is 3.72. The van der Waals surface area contributed by atoms with E-state index >= 15 is 0 Å². The van der Waals surface area contributed by atoms with Gasteiger partial charge in [-0.05, 0) is 33.2 Å². The average Bonchev–Trinajstić information content (AvgIpc) is 2.93. The summed E-state index contributed by atoms with van der Waals surface area (Å²) in [6, 6.07) is 0. The molecule has 0 bridgehead atoms. The lowest BCUT2D eigenvalue weighted by Gasteiger charge is -2.31. The molecule has 1 fully saturated rings. The van der Waals surface area contributed by atoms with Crippen LogP contribution in [0.3, 0.4) is 0 Å². The molecular weight excluding hydrogens is 356 g/mol. The number of hydrogen-bond acceptors (Lipinski definition) is 7. The second kappa shape index (κ2) is 9.96. The Morgan fingerprint density at radius 2 is 2.08 bits per heavy atom. The van der Waals surface area contributed by atoms with Gasteiger partial charge < -0.3 is 20.1 Å². The highest BCUT2D eigenvalue weighted by Gasteiger charge is 2.27. The van der Waals surface area contributed by atoms with Crippen LogP contribution in [-0.4, -0.2) is 68.4 Å². The monoisotopic (exact) mass is 384 g/mol. The molecule has 0 aliphatic carbocycles. The van der Waals surface area contributed by atoms with Crippen molar-refractivity contribution in [1.82, 2.24) is 15.2 Å². The van der Waals surface area contributed by atoms with E-state index in [-0.39, 0.29) is 24.3 Å². The average molecular weight is 385 g/mol. The van der Waals surface area contributed by atoms with E-state index in [4.69, 9.17) is 9.47 Å². The Hall–Kier alpha value is -1.55. The van der Waals surface area contributed by atoms with Gasteiger partial charge in [0.1, 0.15) is 0 Å². The first kappa shape index (κ1) is 20.8. The van der Waals surface area contributed by atoms with E-state index in [0.29, 0.717) is 18.2 Å². The van der Waals surface area contributed by atoms with E-state index in [1.54, 1.807) is 0 Å². The van der Waals surface area contributed by atoms with Crippen LogP contribution in [0, 0.1) is 19.8 Å². The lowest BCUT2D eigenvalue weighted by molar-refractivity contribution is -0.133. The van der Waals surface area contributed by atoms with Crippen LogP contribution in [0.4, 0.5) is 5.13 Å². The molecule has 0 spiro atoms. The Kier molecular flexibility index (Phi) is 7.95. The molecule has 1 atom stereocenters. The molecule has 2 N–H and O–H groups in total. The highest BCUT2D eigenvalue weighted by Crippen LogP contribution is 2.21. The van der Waals surface area contributed by atoms with Gasteiger partial charge >= 0.3 is 0 Å².